The van der Waals surface area contributed by atoms with Crippen molar-refractivity contribution in [2.24, 2.45) is 4.99 Å². The maximum atomic E-state index is 8.85. The van der Waals surface area contributed by atoms with Gasteiger partial charge in [-0.05, 0) is 19.1 Å². The number of nitrogens with zero attached hydrogens (tertiary/aromatic N) is 5. The number of rotatable bonds is 7. The van der Waals surface area contributed by atoms with Crippen LogP contribution in [0.1, 0.15) is 12.6 Å². The summed E-state index contributed by atoms with van der Waals surface area (Å²) in [6.07, 6.45) is 12.2. The Morgan fingerprint density at radius 3 is 3.12 bits per heavy atom. The number of nitriles is 1. The zero-order chi connectivity index (χ0) is 18.1. The molecule has 0 amide bonds. The second kappa shape index (κ2) is 9.42. The van der Waals surface area contributed by atoms with Gasteiger partial charge in [-0.25, -0.2) is 9.98 Å². The first-order chi connectivity index (χ1) is 12.2. The molecule has 9 heteroatoms. The van der Waals surface area contributed by atoms with E-state index in [4.69, 9.17) is 23.9 Å². The van der Waals surface area contributed by atoms with Crippen molar-refractivity contribution >= 4 is 29.5 Å². The molecule has 1 aromatic rings. The molecule has 3 N–H and O–H groups in total. The SMILES string of the molecule is C#CCN(CC#N)Cc1cn(C2=CC(NC(=S)NCC)N=CN2)cn1. The summed E-state index contributed by atoms with van der Waals surface area (Å²) in [5, 5.41) is 18.6. The molecular formula is C16H20N8S. The minimum atomic E-state index is -0.259. The smallest absolute Gasteiger partial charge is 0.168 e. The molecule has 0 spiro atoms. The predicted molar refractivity (Wildman–Crippen MR) is 101 cm³/mol. The lowest BCUT2D eigenvalue weighted by Gasteiger charge is -2.19. The van der Waals surface area contributed by atoms with Crippen molar-refractivity contribution in [3.05, 3.63) is 24.3 Å². The topological polar surface area (TPSA) is 93.3 Å². The van der Waals surface area contributed by atoms with E-state index in [1.165, 1.54) is 0 Å². The average molecular weight is 356 g/mol. The fraction of sp³-hybridized carbons (Fsp3) is 0.375. The second-order valence-corrected chi connectivity index (χ2v) is 5.61. The van der Waals surface area contributed by atoms with Crippen LogP contribution in [0.4, 0.5) is 0 Å². The molecule has 0 saturated heterocycles. The summed E-state index contributed by atoms with van der Waals surface area (Å²) < 4.78 is 1.85. The number of nitrogens with one attached hydrogen (secondary N) is 3. The Bertz CT molecular complexity index is 720. The van der Waals surface area contributed by atoms with Crippen LogP contribution < -0.4 is 16.0 Å². The lowest BCUT2D eigenvalue weighted by Crippen LogP contribution is -2.42. The first-order valence-electron chi connectivity index (χ1n) is 7.76. The van der Waals surface area contributed by atoms with E-state index < -0.39 is 0 Å². The molecule has 0 aromatic carbocycles. The molecule has 0 bridgehead atoms. The van der Waals surface area contributed by atoms with Crippen molar-refractivity contribution in [1.82, 2.24) is 30.4 Å². The van der Waals surface area contributed by atoms with E-state index in [2.05, 4.69) is 37.9 Å². The van der Waals surface area contributed by atoms with Crippen LogP contribution in [0.25, 0.3) is 5.82 Å². The Kier molecular flexibility index (Phi) is 6.96. The number of imidazole rings is 1. The summed E-state index contributed by atoms with van der Waals surface area (Å²) in [4.78, 5) is 10.5. The monoisotopic (exact) mass is 356 g/mol. The average Bonchev–Trinajstić information content (AvgIpc) is 3.04. The molecular weight excluding hydrogens is 336 g/mol. The number of aliphatic imine (C=N–C) groups is 1. The zero-order valence-corrected chi connectivity index (χ0v) is 14.8. The second-order valence-electron chi connectivity index (χ2n) is 5.20. The normalized spacial score (nSPS) is 15.7. The third-order valence-corrected chi connectivity index (χ3v) is 3.55. The van der Waals surface area contributed by atoms with E-state index in [1.54, 1.807) is 12.7 Å². The van der Waals surface area contributed by atoms with Gasteiger partial charge >= 0.3 is 0 Å². The molecule has 2 rings (SSSR count). The van der Waals surface area contributed by atoms with E-state index >= 15 is 0 Å². The van der Waals surface area contributed by atoms with Gasteiger partial charge in [0.1, 0.15) is 18.3 Å². The van der Waals surface area contributed by atoms with Crippen LogP contribution in [-0.4, -0.2) is 51.7 Å². The van der Waals surface area contributed by atoms with Gasteiger partial charge in [0.05, 0.1) is 31.2 Å². The Hall–Kier alpha value is -2.88. The van der Waals surface area contributed by atoms with Gasteiger partial charge in [-0.15, -0.1) is 6.42 Å². The Morgan fingerprint density at radius 1 is 1.56 bits per heavy atom. The molecule has 1 atom stereocenters. The van der Waals surface area contributed by atoms with Crippen LogP contribution >= 0.6 is 12.2 Å². The molecule has 25 heavy (non-hydrogen) atoms. The summed E-state index contributed by atoms with van der Waals surface area (Å²) in [6, 6.07) is 2.11. The highest BCUT2D eigenvalue weighted by molar-refractivity contribution is 7.80. The molecule has 1 aromatic heterocycles. The minimum Gasteiger partial charge on any atom is -0.363 e. The number of thiocarbonyl (C=S) groups is 1. The van der Waals surface area contributed by atoms with Gasteiger partial charge in [-0.3, -0.25) is 9.47 Å². The lowest BCUT2D eigenvalue weighted by atomic mass is 10.3. The molecule has 0 saturated carbocycles. The Labute approximate surface area is 152 Å². The third-order valence-electron chi connectivity index (χ3n) is 3.29. The summed E-state index contributed by atoms with van der Waals surface area (Å²) in [6.45, 7) is 3.90. The van der Waals surface area contributed by atoms with Gasteiger partial charge in [0.2, 0.25) is 0 Å². The first-order valence-corrected chi connectivity index (χ1v) is 8.17. The number of hydrogen-bond acceptors (Lipinski definition) is 6. The molecule has 0 fully saturated rings. The van der Waals surface area contributed by atoms with Gasteiger partial charge in [0.25, 0.3) is 0 Å². The van der Waals surface area contributed by atoms with Gasteiger partial charge in [-0.2, -0.15) is 5.26 Å². The van der Waals surface area contributed by atoms with E-state index in [1.807, 2.05) is 28.7 Å². The molecule has 2 heterocycles. The molecule has 1 aliphatic heterocycles. The third kappa shape index (κ3) is 5.60. The van der Waals surface area contributed by atoms with E-state index in [0.29, 0.717) is 18.2 Å². The van der Waals surface area contributed by atoms with Crippen molar-refractivity contribution in [2.45, 2.75) is 19.6 Å². The van der Waals surface area contributed by atoms with E-state index in [-0.39, 0.29) is 12.7 Å². The molecule has 0 radical (unpaired) electrons. The molecule has 0 aliphatic carbocycles. The number of hydrogen-bond donors (Lipinski definition) is 3. The lowest BCUT2D eigenvalue weighted by molar-refractivity contribution is 0.332. The first kappa shape index (κ1) is 18.5. The van der Waals surface area contributed by atoms with Gasteiger partial charge < -0.3 is 16.0 Å². The predicted octanol–water partition coefficient (Wildman–Crippen LogP) is 0.0819. The minimum absolute atomic E-state index is 0.259. The van der Waals surface area contributed by atoms with Crippen LogP contribution in [0, 0.1) is 23.7 Å². The maximum Gasteiger partial charge on any atom is 0.168 e. The highest BCUT2D eigenvalue weighted by atomic mass is 32.1. The van der Waals surface area contributed by atoms with E-state index in [0.717, 1.165) is 18.1 Å². The van der Waals surface area contributed by atoms with E-state index in [9.17, 15) is 0 Å². The van der Waals surface area contributed by atoms with Crippen molar-refractivity contribution in [2.75, 3.05) is 19.6 Å². The summed E-state index contributed by atoms with van der Waals surface area (Å²) in [5.41, 5.74) is 0.823. The Balaban J connectivity index is 2.03. The van der Waals surface area contributed by atoms with Gasteiger partial charge in [0.15, 0.2) is 5.11 Å². The van der Waals surface area contributed by atoms with Crippen LogP contribution in [0.2, 0.25) is 0 Å². The Morgan fingerprint density at radius 2 is 2.40 bits per heavy atom. The van der Waals surface area contributed by atoms with Crippen LogP contribution in [0.5, 0.6) is 0 Å². The molecule has 1 aliphatic rings. The highest BCUT2D eigenvalue weighted by Crippen LogP contribution is 2.09. The van der Waals surface area contributed by atoms with Crippen molar-refractivity contribution in [3.63, 3.8) is 0 Å². The van der Waals surface area contributed by atoms with Crippen LogP contribution in [-0.2, 0) is 6.54 Å². The maximum absolute atomic E-state index is 8.85. The summed E-state index contributed by atoms with van der Waals surface area (Å²) in [7, 11) is 0. The number of terminal acetylenes is 1. The van der Waals surface area contributed by atoms with Crippen LogP contribution in [0.3, 0.4) is 0 Å². The standard InChI is InChI=1S/C16H20N8S/c1-3-6-23(7-5-17)9-13-10-24(12-21-13)15-8-14(19-11-20-15)22-16(25)18-4-2/h1,8,10-12,14H,4,6-7,9H2,2H3,(H,19,20)(H2,18,22,25). The number of aromatic nitrogens is 2. The molecule has 130 valence electrons. The fourth-order valence-corrected chi connectivity index (χ4v) is 2.48. The van der Waals surface area contributed by atoms with Gasteiger partial charge in [-0.1, -0.05) is 5.92 Å². The zero-order valence-electron chi connectivity index (χ0n) is 13.9. The molecule has 1 unspecified atom stereocenters. The highest BCUT2D eigenvalue weighted by Gasteiger charge is 2.13. The largest absolute Gasteiger partial charge is 0.363 e. The van der Waals surface area contributed by atoms with Crippen LogP contribution in [0.15, 0.2) is 23.6 Å². The molecule has 8 nitrogen and oxygen atoms in total. The fourth-order valence-electron chi connectivity index (χ4n) is 2.21. The van der Waals surface area contributed by atoms with Crippen molar-refractivity contribution < 1.29 is 0 Å². The quantitative estimate of drug-likeness (QED) is 0.362. The van der Waals surface area contributed by atoms with Crippen molar-refractivity contribution in [1.29, 1.82) is 5.26 Å². The van der Waals surface area contributed by atoms with Gasteiger partial charge in [0, 0.05) is 25.4 Å². The summed E-state index contributed by atoms with van der Waals surface area (Å²) in [5.74, 6) is 3.36. The van der Waals surface area contributed by atoms with Crippen molar-refractivity contribution in [3.8, 4) is 18.4 Å². The summed E-state index contributed by atoms with van der Waals surface area (Å²) >= 11 is 5.18.